The molecule has 0 spiro atoms. The van der Waals surface area contributed by atoms with Crippen LogP contribution >= 0.6 is 0 Å². The largest absolute Gasteiger partial charge is 0.477 e. The Kier molecular flexibility index (Phi) is 5.11. The lowest BCUT2D eigenvalue weighted by Crippen LogP contribution is -2.39. The van der Waals surface area contributed by atoms with Crippen molar-refractivity contribution in [3.05, 3.63) is 24.0 Å². The van der Waals surface area contributed by atoms with Crippen LogP contribution in [0.4, 0.5) is 0 Å². The molecule has 0 aliphatic heterocycles. The molecule has 0 saturated carbocycles. The van der Waals surface area contributed by atoms with Gasteiger partial charge < -0.3 is 19.9 Å². The Morgan fingerprint density at radius 2 is 2.11 bits per heavy atom. The van der Waals surface area contributed by atoms with Gasteiger partial charge in [-0.25, -0.2) is 4.79 Å². The quantitative estimate of drug-likeness (QED) is 0.745. The number of rotatable bonds is 6. The third-order valence-electron chi connectivity index (χ3n) is 2.70. The summed E-state index contributed by atoms with van der Waals surface area (Å²) in [6, 6.07) is 2.96. The number of aromatic nitrogens is 1. The van der Waals surface area contributed by atoms with E-state index < -0.39 is 11.9 Å². The molecule has 2 amide bonds. The van der Waals surface area contributed by atoms with E-state index in [0.717, 1.165) is 0 Å². The van der Waals surface area contributed by atoms with E-state index in [0.29, 0.717) is 6.54 Å². The molecule has 0 unspecified atom stereocenters. The minimum Gasteiger partial charge on any atom is -0.477 e. The van der Waals surface area contributed by atoms with Crippen molar-refractivity contribution in [2.75, 3.05) is 20.1 Å². The van der Waals surface area contributed by atoms with E-state index in [4.69, 9.17) is 5.11 Å². The highest BCUT2D eigenvalue weighted by atomic mass is 16.4. The summed E-state index contributed by atoms with van der Waals surface area (Å²) in [5, 5.41) is 11.3. The van der Waals surface area contributed by atoms with Gasteiger partial charge in [0.1, 0.15) is 12.2 Å². The van der Waals surface area contributed by atoms with Crippen LogP contribution in [-0.4, -0.2) is 52.5 Å². The number of hydrogen-bond donors (Lipinski definition) is 2. The topological polar surface area (TPSA) is 91.6 Å². The van der Waals surface area contributed by atoms with Gasteiger partial charge in [0.2, 0.25) is 11.8 Å². The average Bonchev–Trinajstić information content (AvgIpc) is 2.83. The first kappa shape index (κ1) is 14.7. The van der Waals surface area contributed by atoms with Crippen molar-refractivity contribution in [2.24, 2.45) is 0 Å². The molecule has 0 aromatic carbocycles. The summed E-state index contributed by atoms with van der Waals surface area (Å²) in [5.41, 5.74) is 0.0344. The number of aromatic carboxylic acids is 1. The lowest BCUT2D eigenvalue weighted by molar-refractivity contribution is -0.131. The Morgan fingerprint density at radius 3 is 2.68 bits per heavy atom. The zero-order chi connectivity index (χ0) is 14.4. The third-order valence-corrected chi connectivity index (χ3v) is 2.70. The van der Waals surface area contributed by atoms with Gasteiger partial charge in [-0.15, -0.1) is 0 Å². The molecule has 7 heteroatoms. The predicted molar refractivity (Wildman–Crippen MR) is 67.7 cm³/mol. The number of carboxylic acids is 1. The zero-order valence-electron chi connectivity index (χ0n) is 10.9. The molecule has 0 fully saturated rings. The van der Waals surface area contributed by atoms with Gasteiger partial charge in [0.25, 0.3) is 0 Å². The number of likely N-dealkylation sites (N-methyl/N-ethyl adjacent to an activating group) is 1. The summed E-state index contributed by atoms with van der Waals surface area (Å²) in [7, 11) is 1.64. The highest BCUT2D eigenvalue weighted by molar-refractivity contribution is 5.88. The van der Waals surface area contributed by atoms with E-state index in [2.05, 4.69) is 5.32 Å². The van der Waals surface area contributed by atoms with Crippen molar-refractivity contribution >= 4 is 17.8 Å². The van der Waals surface area contributed by atoms with Gasteiger partial charge in [0, 0.05) is 19.8 Å². The highest BCUT2D eigenvalue weighted by Crippen LogP contribution is 2.01. The van der Waals surface area contributed by atoms with Crippen molar-refractivity contribution in [3.63, 3.8) is 0 Å². The second-order valence-corrected chi connectivity index (χ2v) is 4.01. The van der Waals surface area contributed by atoms with Crippen molar-refractivity contribution in [3.8, 4) is 0 Å². The number of hydrogen-bond acceptors (Lipinski definition) is 3. The molecule has 19 heavy (non-hydrogen) atoms. The summed E-state index contributed by atoms with van der Waals surface area (Å²) in [5.74, 6) is -1.70. The fourth-order valence-electron chi connectivity index (χ4n) is 1.44. The number of amides is 2. The van der Waals surface area contributed by atoms with Crippen molar-refractivity contribution in [2.45, 2.75) is 13.5 Å². The summed E-state index contributed by atoms with van der Waals surface area (Å²) in [4.78, 5) is 35.4. The fourth-order valence-corrected chi connectivity index (χ4v) is 1.44. The second kappa shape index (κ2) is 6.58. The monoisotopic (exact) mass is 267 g/mol. The molecular formula is C12H17N3O4. The molecule has 0 atom stereocenters. The van der Waals surface area contributed by atoms with Crippen LogP contribution in [0.3, 0.4) is 0 Å². The maximum absolute atomic E-state index is 11.6. The Labute approximate surface area is 110 Å². The van der Waals surface area contributed by atoms with Crippen molar-refractivity contribution in [1.29, 1.82) is 0 Å². The number of nitrogens with zero attached hydrogens (tertiary/aromatic N) is 2. The molecule has 104 valence electrons. The standard InChI is InChI=1S/C12H17N3O4/c1-3-14(2)11(17)7-13-10(16)8-15-6-4-5-9(15)12(18)19/h4-6H,3,7-8H2,1-2H3,(H,13,16)(H,18,19). The number of carboxylic acid groups (broad SMARTS) is 1. The smallest absolute Gasteiger partial charge is 0.352 e. The fraction of sp³-hybridized carbons (Fsp3) is 0.417. The first-order chi connectivity index (χ1) is 8.95. The van der Waals surface area contributed by atoms with Crippen LogP contribution in [0.2, 0.25) is 0 Å². The summed E-state index contributed by atoms with van der Waals surface area (Å²) in [6.07, 6.45) is 1.50. The summed E-state index contributed by atoms with van der Waals surface area (Å²) < 4.78 is 1.31. The molecule has 7 nitrogen and oxygen atoms in total. The highest BCUT2D eigenvalue weighted by Gasteiger charge is 2.13. The maximum Gasteiger partial charge on any atom is 0.352 e. The maximum atomic E-state index is 11.6. The minimum atomic E-state index is -1.10. The minimum absolute atomic E-state index is 0.0344. The molecule has 1 aromatic rings. The number of carbonyl (C=O) groups excluding carboxylic acids is 2. The van der Waals surface area contributed by atoms with E-state index in [1.165, 1.54) is 21.7 Å². The van der Waals surface area contributed by atoms with Gasteiger partial charge in [-0.2, -0.15) is 0 Å². The molecule has 1 rings (SSSR count). The van der Waals surface area contributed by atoms with Gasteiger partial charge in [0.05, 0.1) is 6.54 Å². The van der Waals surface area contributed by atoms with E-state index in [1.54, 1.807) is 13.1 Å². The molecule has 1 heterocycles. The van der Waals surface area contributed by atoms with Crippen molar-refractivity contribution < 1.29 is 19.5 Å². The summed E-state index contributed by atoms with van der Waals surface area (Å²) >= 11 is 0. The number of carbonyl (C=O) groups is 3. The van der Waals surface area contributed by atoms with Gasteiger partial charge in [-0.1, -0.05) is 0 Å². The van der Waals surface area contributed by atoms with Gasteiger partial charge in [0.15, 0.2) is 0 Å². The van der Waals surface area contributed by atoms with E-state index >= 15 is 0 Å². The van der Waals surface area contributed by atoms with Crippen LogP contribution in [0.15, 0.2) is 18.3 Å². The predicted octanol–water partition coefficient (Wildman–Crippen LogP) is -0.219. The van der Waals surface area contributed by atoms with E-state index in [-0.39, 0.29) is 24.7 Å². The molecule has 0 aliphatic carbocycles. The first-order valence-electron chi connectivity index (χ1n) is 5.84. The molecule has 2 N–H and O–H groups in total. The number of nitrogens with one attached hydrogen (secondary N) is 1. The van der Waals surface area contributed by atoms with Gasteiger partial charge in [-0.3, -0.25) is 9.59 Å². The van der Waals surface area contributed by atoms with Crippen LogP contribution in [0.25, 0.3) is 0 Å². The summed E-state index contributed by atoms with van der Waals surface area (Å²) in [6.45, 7) is 2.18. The normalized spacial score (nSPS) is 10.0. The SMILES string of the molecule is CCN(C)C(=O)CNC(=O)Cn1cccc1C(=O)O. The zero-order valence-corrected chi connectivity index (χ0v) is 10.9. The second-order valence-electron chi connectivity index (χ2n) is 4.01. The first-order valence-corrected chi connectivity index (χ1v) is 5.84. The third kappa shape index (κ3) is 4.13. The lowest BCUT2D eigenvalue weighted by atomic mass is 10.4. The molecule has 0 saturated heterocycles. The Bertz CT molecular complexity index is 481. The van der Waals surface area contributed by atoms with Crippen molar-refractivity contribution in [1.82, 2.24) is 14.8 Å². The van der Waals surface area contributed by atoms with E-state index in [1.807, 2.05) is 6.92 Å². The van der Waals surface area contributed by atoms with Crippen LogP contribution in [0.1, 0.15) is 17.4 Å². The molecule has 0 bridgehead atoms. The van der Waals surface area contributed by atoms with Crippen LogP contribution in [0.5, 0.6) is 0 Å². The Morgan fingerprint density at radius 1 is 1.42 bits per heavy atom. The van der Waals surface area contributed by atoms with Crippen LogP contribution < -0.4 is 5.32 Å². The Balaban J connectivity index is 2.50. The van der Waals surface area contributed by atoms with Crippen LogP contribution in [-0.2, 0) is 16.1 Å². The molecule has 0 aliphatic rings. The van der Waals surface area contributed by atoms with Gasteiger partial charge in [-0.05, 0) is 19.1 Å². The average molecular weight is 267 g/mol. The molecule has 0 radical (unpaired) electrons. The van der Waals surface area contributed by atoms with Gasteiger partial charge >= 0.3 is 5.97 Å². The lowest BCUT2D eigenvalue weighted by Gasteiger charge is -2.15. The van der Waals surface area contributed by atoms with Crippen LogP contribution in [0, 0.1) is 0 Å². The van der Waals surface area contributed by atoms with E-state index in [9.17, 15) is 14.4 Å². The Hall–Kier alpha value is -2.31. The molecular weight excluding hydrogens is 250 g/mol. The molecule has 1 aromatic heterocycles.